The molecule has 10 N–H and O–H groups in total. The van der Waals surface area contributed by atoms with Crippen LogP contribution in [0.15, 0.2) is 0 Å². The van der Waals surface area contributed by atoms with Crippen molar-refractivity contribution >= 4 is 10.1 Å². The standard InChI is InChI=1S/ClH.Mn.5H2O/h1H;;5*1H2/q;+1;;;;;/p-1. The van der Waals surface area contributed by atoms with Crippen LogP contribution in [-0.4, -0.2) is 27.4 Å². The van der Waals surface area contributed by atoms with Crippen LogP contribution in [0.25, 0.3) is 0 Å². The molecule has 5 nitrogen and oxygen atoms in total. The number of rotatable bonds is 0. The molecule has 0 aromatic carbocycles. The number of hydrogen-bond donors (Lipinski definition) is 0. The third kappa shape index (κ3) is 378. The zero-order valence-corrected chi connectivity index (χ0v) is 5.19. The summed E-state index contributed by atoms with van der Waals surface area (Å²) in [7, 11) is 4.45. The molecule has 0 aromatic heterocycles. The Morgan fingerprint density at radius 1 is 0.571 bits per heavy atom. The van der Waals surface area contributed by atoms with Gasteiger partial charge in [0.25, 0.3) is 0 Å². The van der Waals surface area contributed by atoms with Crippen LogP contribution in [0.5, 0.6) is 0 Å². The van der Waals surface area contributed by atoms with Gasteiger partial charge in [-0.25, -0.2) is 0 Å². The molecule has 0 aliphatic carbocycles. The minimum absolute atomic E-state index is 0. The van der Waals surface area contributed by atoms with E-state index in [0.29, 0.717) is 0 Å². The van der Waals surface area contributed by atoms with E-state index in [9.17, 15) is 0 Å². The zero-order chi connectivity index (χ0) is 2.00. The molecule has 0 aliphatic heterocycles. The number of halogens is 1. The molecule has 7 heteroatoms. The van der Waals surface area contributed by atoms with Gasteiger partial charge in [0.05, 0.1) is 0 Å². The molecule has 54 valence electrons. The van der Waals surface area contributed by atoms with E-state index in [1.165, 1.54) is 0 Å². The van der Waals surface area contributed by atoms with Crippen LogP contribution in [0, 0.1) is 0 Å². The fraction of sp³-hybridized carbons (Fsp3) is 0. The summed E-state index contributed by atoms with van der Waals surface area (Å²) in [5, 5.41) is 0. The van der Waals surface area contributed by atoms with Crippen molar-refractivity contribution in [2.24, 2.45) is 0 Å². The van der Waals surface area contributed by atoms with Crippen molar-refractivity contribution in [3.63, 3.8) is 0 Å². The van der Waals surface area contributed by atoms with Crippen LogP contribution in [0.4, 0.5) is 0 Å². The molecule has 0 aliphatic rings. The van der Waals surface area contributed by atoms with Gasteiger partial charge < -0.3 is 27.4 Å². The van der Waals surface area contributed by atoms with Crippen LogP contribution in [0.2, 0.25) is 0 Å². The van der Waals surface area contributed by atoms with E-state index in [-0.39, 0.29) is 27.4 Å². The van der Waals surface area contributed by atoms with E-state index in [1.54, 1.807) is 0 Å². The molecule has 7 heavy (non-hydrogen) atoms. The van der Waals surface area contributed by atoms with Crippen molar-refractivity contribution in [3.05, 3.63) is 0 Å². The monoisotopic (exact) mass is 180 g/mol. The van der Waals surface area contributed by atoms with Crippen molar-refractivity contribution in [3.8, 4) is 0 Å². The van der Waals surface area contributed by atoms with Gasteiger partial charge in [0.2, 0.25) is 0 Å². The Bertz CT molecular complexity index is 8.04. The first-order valence-corrected chi connectivity index (χ1v) is 1.77. The SMILES string of the molecule is O.O.O.O.O.[Cl][Mn]. The van der Waals surface area contributed by atoms with Crippen LogP contribution < -0.4 is 0 Å². The maximum atomic E-state index is 4.45. The molecule has 0 fully saturated rings. The summed E-state index contributed by atoms with van der Waals surface area (Å²) in [6, 6.07) is 0. The first kappa shape index (κ1) is 128. The van der Waals surface area contributed by atoms with E-state index >= 15 is 0 Å². The first-order valence-electron chi connectivity index (χ1n) is 0.143. The van der Waals surface area contributed by atoms with Gasteiger partial charge in [0, 0.05) is 0 Å². The average Bonchev–Trinajstić information content (AvgIpc) is 1.00. The van der Waals surface area contributed by atoms with Crippen LogP contribution in [-0.2, 0) is 15.1 Å². The second-order valence-corrected chi connectivity index (χ2v) is 0. The van der Waals surface area contributed by atoms with Crippen LogP contribution in [0.3, 0.4) is 0 Å². The van der Waals surface area contributed by atoms with E-state index in [2.05, 4.69) is 25.2 Å². The molecule has 0 aromatic rings. The van der Waals surface area contributed by atoms with Crippen molar-refractivity contribution in [2.75, 3.05) is 0 Å². The summed E-state index contributed by atoms with van der Waals surface area (Å²) >= 11 is 2.41. The fourth-order valence-corrected chi connectivity index (χ4v) is 0. The van der Waals surface area contributed by atoms with Gasteiger partial charge >= 0.3 is 25.2 Å². The quantitative estimate of drug-likeness (QED) is 0.340. The molecule has 0 spiro atoms. The summed E-state index contributed by atoms with van der Waals surface area (Å²) < 4.78 is 0. The first-order chi connectivity index (χ1) is 1.00. The second kappa shape index (κ2) is 560. The zero-order valence-electron chi connectivity index (χ0n) is 3.26. The Labute approximate surface area is 53.2 Å². The molecule has 0 amide bonds. The van der Waals surface area contributed by atoms with Gasteiger partial charge in [-0.3, -0.25) is 0 Å². The molecule has 0 rings (SSSR count). The van der Waals surface area contributed by atoms with E-state index in [0.717, 1.165) is 0 Å². The average molecular weight is 180 g/mol. The summed E-state index contributed by atoms with van der Waals surface area (Å²) in [6.45, 7) is 0. The second-order valence-electron chi connectivity index (χ2n) is 0. The Morgan fingerprint density at radius 2 is 0.571 bits per heavy atom. The van der Waals surface area contributed by atoms with Gasteiger partial charge in [-0.05, 0) is 0 Å². The molecule has 0 unspecified atom stereocenters. The van der Waals surface area contributed by atoms with Gasteiger partial charge in [-0.2, -0.15) is 0 Å². The Hall–Kier alpha value is 0.609. The van der Waals surface area contributed by atoms with Crippen molar-refractivity contribution < 1.29 is 42.5 Å². The summed E-state index contributed by atoms with van der Waals surface area (Å²) in [5.41, 5.74) is 0. The van der Waals surface area contributed by atoms with Crippen molar-refractivity contribution in [2.45, 2.75) is 0 Å². The van der Waals surface area contributed by atoms with E-state index in [1.807, 2.05) is 0 Å². The van der Waals surface area contributed by atoms with Gasteiger partial charge in [-0.1, -0.05) is 0 Å². The van der Waals surface area contributed by atoms with Crippen LogP contribution in [0.1, 0.15) is 0 Å². The Balaban J connectivity index is -0.000000000500. The summed E-state index contributed by atoms with van der Waals surface area (Å²) in [6.07, 6.45) is 0. The molecule has 0 bridgehead atoms. The predicted molar refractivity (Wildman–Crippen MR) is 23.9 cm³/mol. The van der Waals surface area contributed by atoms with Gasteiger partial charge in [-0.15, -0.1) is 0 Å². The Morgan fingerprint density at radius 3 is 0.571 bits per heavy atom. The molecule has 0 radical (unpaired) electrons. The van der Waals surface area contributed by atoms with E-state index < -0.39 is 0 Å². The Kier molecular flexibility index (Phi) is 10300. The third-order valence-electron chi connectivity index (χ3n) is 0. The van der Waals surface area contributed by atoms with Gasteiger partial charge in [0.15, 0.2) is 0 Å². The minimum atomic E-state index is 0. The maximum absolute atomic E-state index is 4.45. The summed E-state index contributed by atoms with van der Waals surface area (Å²) in [5.74, 6) is 0. The molecular weight excluding hydrogens is 170 g/mol. The van der Waals surface area contributed by atoms with Crippen LogP contribution >= 0.6 is 10.1 Å². The van der Waals surface area contributed by atoms with Crippen molar-refractivity contribution in [1.82, 2.24) is 0 Å². The normalized spacial score (nSPS) is 0.857. The van der Waals surface area contributed by atoms with Crippen molar-refractivity contribution in [1.29, 1.82) is 0 Å². The molecule has 0 atom stereocenters. The fourth-order valence-electron chi connectivity index (χ4n) is 0. The predicted octanol–water partition coefficient (Wildman–Crippen LogP) is -3.44. The molecule has 0 saturated heterocycles. The van der Waals surface area contributed by atoms with E-state index in [4.69, 9.17) is 0 Å². The topological polar surface area (TPSA) is 158 Å². The summed E-state index contributed by atoms with van der Waals surface area (Å²) in [4.78, 5) is 0. The molecule has 0 saturated carbocycles. The third-order valence-corrected chi connectivity index (χ3v) is 0. The number of hydrogen-bond acceptors (Lipinski definition) is 0. The van der Waals surface area contributed by atoms with Gasteiger partial charge in [0.1, 0.15) is 0 Å². The molecular formula is H10ClMnO5. The molecule has 0 heterocycles.